The molecule has 0 bridgehead atoms. The number of carbonyl (C=O) groups excluding carboxylic acids is 2. The van der Waals surface area contributed by atoms with E-state index in [1.165, 1.54) is 21.1 Å². The van der Waals surface area contributed by atoms with Gasteiger partial charge in [-0.2, -0.15) is 5.48 Å². The van der Waals surface area contributed by atoms with Crippen LogP contribution in [0.25, 0.3) is 0 Å². The van der Waals surface area contributed by atoms with Gasteiger partial charge < -0.3 is 19.6 Å². The Morgan fingerprint density at radius 1 is 0.917 bits per heavy atom. The standard InChI is InChI=1S/C17H18N2O5/c1-11(20)19-24-13-9-10-14(22-2)16(23-3)15(13)18-17(21)12-7-5-4-6-8-12/h4-10H,1-3H3,(H,18,21)(H,19,20). The number of hydrogen-bond acceptors (Lipinski definition) is 5. The first kappa shape index (κ1) is 17.1. The van der Waals surface area contributed by atoms with Crippen molar-refractivity contribution in [2.45, 2.75) is 6.92 Å². The van der Waals surface area contributed by atoms with Gasteiger partial charge in [-0.05, 0) is 24.3 Å². The van der Waals surface area contributed by atoms with E-state index < -0.39 is 0 Å². The minimum absolute atomic E-state index is 0.215. The molecule has 2 rings (SSSR count). The van der Waals surface area contributed by atoms with Crippen molar-refractivity contribution in [3.8, 4) is 17.2 Å². The Bertz CT molecular complexity index is 731. The lowest BCUT2D eigenvalue weighted by molar-refractivity contribution is -0.125. The molecule has 0 aliphatic carbocycles. The quantitative estimate of drug-likeness (QED) is 0.794. The molecule has 2 N–H and O–H groups in total. The van der Waals surface area contributed by atoms with Crippen molar-refractivity contribution in [1.82, 2.24) is 5.48 Å². The van der Waals surface area contributed by atoms with Gasteiger partial charge in [0.05, 0.1) is 14.2 Å². The number of benzene rings is 2. The molecule has 24 heavy (non-hydrogen) atoms. The third-order valence-electron chi connectivity index (χ3n) is 3.09. The van der Waals surface area contributed by atoms with Crippen molar-refractivity contribution in [3.63, 3.8) is 0 Å². The molecule has 7 heteroatoms. The second kappa shape index (κ2) is 7.87. The summed E-state index contributed by atoms with van der Waals surface area (Å²) >= 11 is 0. The lowest BCUT2D eigenvalue weighted by atomic mass is 10.2. The Kier molecular flexibility index (Phi) is 5.62. The molecule has 2 amide bonds. The highest BCUT2D eigenvalue weighted by atomic mass is 16.7. The third kappa shape index (κ3) is 3.95. The van der Waals surface area contributed by atoms with Crippen LogP contribution in [0.5, 0.6) is 17.2 Å². The summed E-state index contributed by atoms with van der Waals surface area (Å²) in [5.41, 5.74) is 2.93. The first-order chi connectivity index (χ1) is 11.6. The third-order valence-corrected chi connectivity index (χ3v) is 3.09. The molecule has 2 aromatic rings. The number of hydroxylamine groups is 1. The van der Waals surface area contributed by atoms with Gasteiger partial charge in [-0.1, -0.05) is 18.2 Å². The molecule has 0 heterocycles. The van der Waals surface area contributed by atoms with E-state index in [9.17, 15) is 9.59 Å². The van der Waals surface area contributed by atoms with Crippen LogP contribution >= 0.6 is 0 Å². The van der Waals surface area contributed by atoms with E-state index in [2.05, 4.69) is 10.8 Å². The Labute approximate surface area is 139 Å². The SMILES string of the molecule is COc1ccc(ONC(C)=O)c(NC(=O)c2ccccc2)c1OC. The molecule has 0 radical (unpaired) electrons. The maximum atomic E-state index is 12.4. The minimum Gasteiger partial charge on any atom is -0.493 e. The van der Waals surface area contributed by atoms with Gasteiger partial charge in [0.25, 0.3) is 5.91 Å². The predicted octanol–water partition coefficient (Wildman–Crippen LogP) is 2.39. The zero-order chi connectivity index (χ0) is 17.5. The molecule has 0 fully saturated rings. The van der Waals surface area contributed by atoms with E-state index in [-0.39, 0.29) is 29.0 Å². The molecular weight excluding hydrogens is 312 g/mol. The van der Waals surface area contributed by atoms with E-state index in [4.69, 9.17) is 14.3 Å². The monoisotopic (exact) mass is 330 g/mol. The summed E-state index contributed by atoms with van der Waals surface area (Å²) in [6.07, 6.45) is 0. The largest absolute Gasteiger partial charge is 0.493 e. The lowest BCUT2D eigenvalue weighted by Gasteiger charge is -2.17. The fourth-order valence-corrected chi connectivity index (χ4v) is 2.01. The first-order valence-corrected chi connectivity index (χ1v) is 7.11. The molecule has 0 saturated heterocycles. The molecule has 7 nitrogen and oxygen atoms in total. The Morgan fingerprint density at radius 2 is 1.58 bits per heavy atom. The lowest BCUT2D eigenvalue weighted by Crippen LogP contribution is -2.25. The molecule has 0 aromatic heterocycles. The van der Waals surface area contributed by atoms with Crippen molar-refractivity contribution in [1.29, 1.82) is 0 Å². The van der Waals surface area contributed by atoms with Crippen LogP contribution in [0.3, 0.4) is 0 Å². The van der Waals surface area contributed by atoms with Crippen molar-refractivity contribution in [2.75, 3.05) is 19.5 Å². The second-order valence-corrected chi connectivity index (χ2v) is 4.75. The summed E-state index contributed by atoms with van der Waals surface area (Å²) in [4.78, 5) is 28.7. The molecule has 0 spiro atoms. The van der Waals surface area contributed by atoms with Gasteiger partial charge in [-0.3, -0.25) is 9.59 Å². The Hall–Kier alpha value is -3.22. The van der Waals surface area contributed by atoms with E-state index in [0.717, 1.165) is 0 Å². The summed E-state index contributed by atoms with van der Waals surface area (Å²) in [5.74, 6) is 0.174. The van der Waals surface area contributed by atoms with Crippen LogP contribution in [-0.4, -0.2) is 26.0 Å². The summed E-state index contributed by atoms with van der Waals surface area (Å²) in [5, 5.41) is 2.72. The molecule has 0 atom stereocenters. The van der Waals surface area contributed by atoms with Gasteiger partial charge in [0.1, 0.15) is 5.69 Å². The molecule has 0 aliphatic rings. The number of hydrogen-bond donors (Lipinski definition) is 2. The first-order valence-electron chi connectivity index (χ1n) is 7.11. The van der Waals surface area contributed by atoms with Crippen LogP contribution < -0.4 is 25.1 Å². The normalized spacial score (nSPS) is 9.79. The number of rotatable bonds is 6. The van der Waals surface area contributed by atoms with E-state index in [1.54, 1.807) is 36.4 Å². The zero-order valence-electron chi connectivity index (χ0n) is 13.6. The minimum atomic E-state index is -0.384. The summed E-state index contributed by atoms with van der Waals surface area (Å²) in [6, 6.07) is 11.8. The molecule has 126 valence electrons. The zero-order valence-corrected chi connectivity index (χ0v) is 13.6. The summed E-state index contributed by atoms with van der Waals surface area (Å²) in [6.45, 7) is 1.31. The maximum Gasteiger partial charge on any atom is 0.255 e. The average molecular weight is 330 g/mol. The predicted molar refractivity (Wildman–Crippen MR) is 88.4 cm³/mol. The maximum absolute atomic E-state index is 12.4. The highest BCUT2D eigenvalue weighted by Gasteiger charge is 2.20. The van der Waals surface area contributed by atoms with Gasteiger partial charge in [0.2, 0.25) is 5.91 Å². The molecular formula is C17H18N2O5. The smallest absolute Gasteiger partial charge is 0.255 e. The van der Waals surface area contributed by atoms with Crippen molar-refractivity contribution in [3.05, 3.63) is 48.0 Å². The van der Waals surface area contributed by atoms with Crippen LogP contribution in [-0.2, 0) is 4.79 Å². The van der Waals surface area contributed by atoms with Crippen LogP contribution in [0, 0.1) is 0 Å². The number of amides is 2. The highest BCUT2D eigenvalue weighted by molar-refractivity contribution is 6.06. The van der Waals surface area contributed by atoms with Crippen molar-refractivity contribution in [2.24, 2.45) is 0 Å². The number of ether oxygens (including phenoxy) is 2. The number of nitrogens with one attached hydrogen (secondary N) is 2. The van der Waals surface area contributed by atoms with Gasteiger partial charge in [0.15, 0.2) is 17.2 Å². The van der Waals surface area contributed by atoms with Crippen molar-refractivity contribution >= 4 is 17.5 Å². The molecule has 0 unspecified atom stereocenters. The van der Waals surface area contributed by atoms with Gasteiger partial charge in [-0.25, -0.2) is 0 Å². The molecule has 2 aromatic carbocycles. The van der Waals surface area contributed by atoms with Crippen LogP contribution in [0.15, 0.2) is 42.5 Å². The topological polar surface area (TPSA) is 85.9 Å². The fourth-order valence-electron chi connectivity index (χ4n) is 2.01. The average Bonchev–Trinajstić information content (AvgIpc) is 2.60. The van der Waals surface area contributed by atoms with E-state index >= 15 is 0 Å². The van der Waals surface area contributed by atoms with Crippen LogP contribution in [0.4, 0.5) is 5.69 Å². The van der Waals surface area contributed by atoms with Gasteiger partial charge >= 0.3 is 0 Å². The molecule has 0 saturated carbocycles. The van der Waals surface area contributed by atoms with Crippen molar-refractivity contribution < 1.29 is 23.9 Å². The Morgan fingerprint density at radius 3 is 2.17 bits per heavy atom. The van der Waals surface area contributed by atoms with Gasteiger partial charge in [-0.15, -0.1) is 0 Å². The number of methoxy groups -OCH3 is 2. The molecule has 0 aliphatic heterocycles. The Balaban J connectivity index is 2.39. The van der Waals surface area contributed by atoms with Crippen LogP contribution in [0.2, 0.25) is 0 Å². The fraction of sp³-hybridized carbons (Fsp3) is 0.176. The highest BCUT2D eigenvalue weighted by Crippen LogP contribution is 2.42. The summed E-state index contributed by atoms with van der Waals surface area (Å²) in [7, 11) is 2.92. The number of anilines is 1. The second-order valence-electron chi connectivity index (χ2n) is 4.75. The summed E-state index contributed by atoms with van der Waals surface area (Å²) < 4.78 is 10.5. The van der Waals surface area contributed by atoms with Gasteiger partial charge in [0, 0.05) is 12.5 Å². The van der Waals surface area contributed by atoms with Crippen LogP contribution in [0.1, 0.15) is 17.3 Å². The van der Waals surface area contributed by atoms with E-state index in [1.807, 2.05) is 6.07 Å². The number of carbonyl (C=O) groups is 2. The van der Waals surface area contributed by atoms with E-state index in [0.29, 0.717) is 11.3 Å².